The fraction of sp³-hybridized carbons (Fsp3) is 0. The Balaban J connectivity index is 2.14. The number of nitro groups is 1. The fourth-order valence-corrected chi connectivity index (χ4v) is 0.997. The number of hydrogen-bond donors (Lipinski definition) is 1. The molecular weight excluding hydrogens is 200 g/mol. The minimum absolute atomic E-state index is 0.0162. The van der Waals surface area contributed by atoms with Crippen molar-refractivity contribution in [3.8, 4) is 11.6 Å². The van der Waals surface area contributed by atoms with Crippen LogP contribution in [0.2, 0.25) is 0 Å². The molecule has 15 heavy (non-hydrogen) atoms. The van der Waals surface area contributed by atoms with Gasteiger partial charge in [-0.3, -0.25) is 10.1 Å². The van der Waals surface area contributed by atoms with Gasteiger partial charge in [0.2, 0.25) is 0 Å². The van der Waals surface area contributed by atoms with Crippen LogP contribution in [-0.2, 0) is 0 Å². The lowest BCUT2D eigenvalue weighted by atomic mass is 10.3. The van der Waals surface area contributed by atoms with Gasteiger partial charge in [0.25, 0.3) is 11.6 Å². The van der Waals surface area contributed by atoms with E-state index in [-0.39, 0.29) is 5.69 Å². The summed E-state index contributed by atoms with van der Waals surface area (Å²) >= 11 is 0. The minimum Gasteiger partial charge on any atom is -0.436 e. The molecule has 0 atom stereocenters. The molecule has 0 amide bonds. The van der Waals surface area contributed by atoms with Crippen LogP contribution >= 0.6 is 0 Å². The Bertz CT molecular complexity index is 451. The van der Waals surface area contributed by atoms with Gasteiger partial charge in [-0.2, -0.15) is 10.3 Å². The Morgan fingerprint density at radius 1 is 1.33 bits per heavy atom. The molecule has 76 valence electrons. The molecule has 0 bridgehead atoms. The standard InChI is InChI=1S/C8H6N4O3/c13-12(14)6-1-3-7(4-2-6)15-8-5-9-11-10-8/h1-5H,(H,9,10,11). The summed E-state index contributed by atoms with van der Waals surface area (Å²) in [5.74, 6) is 0.776. The zero-order chi connectivity index (χ0) is 10.7. The molecule has 1 aromatic heterocycles. The fourth-order valence-electron chi connectivity index (χ4n) is 0.997. The van der Waals surface area contributed by atoms with Crippen molar-refractivity contribution < 1.29 is 9.66 Å². The molecule has 2 rings (SSSR count). The molecule has 7 heteroatoms. The second-order valence-electron chi connectivity index (χ2n) is 2.66. The van der Waals surface area contributed by atoms with Crippen molar-refractivity contribution in [2.75, 3.05) is 0 Å². The van der Waals surface area contributed by atoms with E-state index in [9.17, 15) is 10.1 Å². The number of non-ortho nitro benzene ring substituents is 1. The SMILES string of the molecule is O=[N+]([O-])c1ccc(Oc2cn[nH]n2)cc1. The lowest BCUT2D eigenvalue weighted by molar-refractivity contribution is -0.384. The van der Waals surface area contributed by atoms with Crippen molar-refractivity contribution in [3.05, 3.63) is 40.6 Å². The zero-order valence-corrected chi connectivity index (χ0v) is 7.45. The molecular formula is C8H6N4O3. The summed E-state index contributed by atoms with van der Waals surface area (Å²) in [6.45, 7) is 0. The summed E-state index contributed by atoms with van der Waals surface area (Å²) < 4.78 is 5.23. The Labute approximate surface area is 83.8 Å². The molecule has 0 saturated carbocycles. The van der Waals surface area contributed by atoms with Gasteiger partial charge in [0, 0.05) is 12.1 Å². The van der Waals surface area contributed by atoms with E-state index in [1.807, 2.05) is 0 Å². The van der Waals surface area contributed by atoms with Crippen molar-refractivity contribution >= 4 is 5.69 Å². The van der Waals surface area contributed by atoms with Gasteiger partial charge >= 0.3 is 0 Å². The van der Waals surface area contributed by atoms with Crippen LogP contribution in [0.4, 0.5) is 5.69 Å². The number of nitrogens with one attached hydrogen (secondary N) is 1. The summed E-state index contributed by atoms with van der Waals surface area (Å²) in [5.41, 5.74) is 0.0162. The normalized spacial score (nSPS) is 9.87. The third kappa shape index (κ3) is 2.08. The summed E-state index contributed by atoms with van der Waals surface area (Å²) in [4.78, 5) is 9.89. The number of rotatable bonds is 3. The lowest BCUT2D eigenvalue weighted by Gasteiger charge is -1.99. The van der Waals surface area contributed by atoms with Gasteiger partial charge in [-0.15, -0.1) is 5.10 Å². The van der Waals surface area contributed by atoms with Crippen LogP contribution in [0.5, 0.6) is 11.6 Å². The van der Waals surface area contributed by atoms with Crippen molar-refractivity contribution in [2.24, 2.45) is 0 Å². The van der Waals surface area contributed by atoms with Crippen molar-refractivity contribution in [1.29, 1.82) is 0 Å². The van der Waals surface area contributed by atoms with E-state index in [0.29, 0.717) is 11.6 Å². The molecule has 7 nitrogen and oxygen atoms in total. The number of aromatic nitrogens is 3. The third-order valence-electron chi connectivity index (χ3n) is 1.66. The largest absolute Gasteiger partial charge is 0.436 e. The molecule has 1 heterocycles. The average molecular weight is 206 g/mol. The summed E-state index contributed by atoms with van der Waals surface area (Å²) in [7, 11) is 0. The quantitative estimate of drug-likeness (QED) is 0.606. The van der Waals surface area contributed by atoms with Gasteiger partial charge < -0.3 is 4.74 Å². The van der Waals surface area contributed by atoms with E-state index < -0.39 is 4.92 Å². The van der Waals surface area contributed by atoms with Gasteiger partial charge in [-0.05, 0) is 12.1 Å². The van der Waals surface area contributed by atoms with Crippen LogP contribution in [0.15, 0.2) is 30.5 Å². The third-order valence-corrected chi connectivity index (χ3v) is 1.66. The number of benzene rings is 1. The second-order valence-corrected chi connectivity index (χ2v) is 2.66. The van der Waals surface area contributed by atoms with Crippen LogP contribution in [0.25, 0.3) is 0 Å². The zero-order valence-electron chi connectivity index (χ0n) is 7.45. The van der Waals surface area contributed by atoms with E-state index >= 15 is 0 Å². The molecule has 0 saturated heterocycles. The first-order valence-electron chi connectivity index (χ1n) is 4.04. The number of aromatic amines is 1. The van der Waals surface area contributed by atoms with Gasteiger partial charge in [0.05, 0.1) is 4.92 Å². The minimum atomic E-state index is -0.472. The number of hydrogen-bond acceptors (Lipinski definition) is 5. The summed E-state index contributed by atoms with van der Waals surface area (Å²) in [6, 6.07) is 5.70. The van der Waals surface area contributed by atoms with Crippen molar-refractivity contribution in [1.82, 2.24) is 15.4 Å². The van der Waals surface area contributed by atoms with Crippen LogP contribution in [0.3, 0.4) is 0 Å². The first kappa shape index (κ1) is 9.13. The Hall–Kier alpha value is -2.44. The highest BCUT2D eigenvalue weighted by atomic mass is 16.6. The smallest absolute Gasteiger partial charge is 0.269 e. The molecule has 0 aliphatic carbocycles. The predicted molar refractivity (Wildman–Crippen MR) is 49.6 cm³/mol. The average Bonchev–Trinajstić information content (AvgIpc) is 2.71. The maximum atomic E-state index is 10.4. The summed E-state index contributed by atoms with van der Waals surface area (Å²) in [5, 5.41) is 20.0. The summed E-state index contributed by atoms with van der Waals surface area (Å²) in [6.07, 6.45) is 1.40. The van der Waals surface area contributed by atoms with Gasteiger partial charge in [-0.25, -0.2) is 0 Å². The predicted octanol–water partition coefficient (Wildman–Crippen LogP) is 1.51. The monoisotopic (exact) mass is 206 g/mol. The van der Waals surface area contributed by atoms with Crippen LogP contribution < -0.4 is 4.74 Å². The highest BCUT2D eigenvalue weighted by molar-refractivity contribution is 5.37. The van der Waals surface area contributed by atoms with E-state index in [1.54, 1.807) is 0 Å². The van der Waals surface area contributed by atoms with E-state index in [4.69, 9.17) is 4.74 Å². The van der Waals surface area contributed by atoms with Crippen molar-refractivity contribution in [2.45, 2.75) is 0 Å². The second kappa shape index (κ2) is 3.74. The Morgan fingerprint density at radius 2 is 2.07 bits per heavy atom. The van der Waals surface area contributed by atoms with Crippen LogP contribution in [0, 0.1) is 10.1 Å². The number of ether oxygens (including phenoxy) is 1. The van der Waals surface area contributed by atoms with E-state index in [1.165, 1.54) is 30.5 Å². The molecule has 0 aliphatic heterocycles. The number of H-pyrrole nitrogens is 1. The Kier molecular flexibility index (Phi) is 2.28. The molecule has 0 radical (unpaired) electrons. The highest BCUT2D eigenvalue weighted by Crippen LogP contribution is 2.21. The molecule has 0 unspecified atom stereocenters. The first-order chi connectivity index (χ1) is 7.25. The molecule has 1 N–H and O–H groups in total. The van der Waals surface area contributed by atoms with Crippen molar-refractivity contribution in [3.63, 3.8) is 0 Å². The molecule has 0 aliphatic rings. The molecule has 2 aromatic rings. The van der Waals surface area contributed by atoms with Crippen LogP contribution in [0.1, 0.15) is 0 Å². The Morgan fingerprint density at radius 3 is 2.60 bits per heavy atom. The molecule has 1 aromatic carbocycles. The van der Waals surface area contributed by atoms with Gasteiger partial charge in [-0.1, -0.05) is 0 Å². The number of nitro benzene ring substituents is 1. The lowest BCUT2D eigenvalue weighted by Crippen LogP contribution is -1.88. The molecule has 0 spiro atoms. The van der Waals surface area contributed by atoms with E-state index in [2.05, 4.69) is 15.4 Å². The van der Waals surface area contributed by atoms with Gasteiger partial charge in [0.1, 0.15) is 11.9 Å². The van der Waals surface area contributed by atoms with Gasteiger partial charge in [0.15, 0.2) is 0 Å². The van der Waals surface area contributed by atoms with E-state index in [0.717, 1.165) is 0 Å². The maximum Gasteiger partial charge on any atom is 0.269 e. The number of nitrogens with zero attached hydrogens (tertiary/aromatic N) is 3. The van der Waals surface area contributed by atoms with Crippen LogP contribution in [-0.4, -0.2) is 20.3 Å². The highest BCUT2D eigenvalue weighted by Gasteiger charge is 2.05. The topological polar surface area (TPSA) is 93.9 Å². The first-order valence-corrected chi connectivity index (χ1v) is 4.04. The maximum absolute atomic E-state index is 10.4. The molecule has 0 fully saturated rings.